The lowest BCUT2D eigenvalue weighted by Crippen LogP contribution is -2.41. The number of hydrogen-bond acceptors (Lipinski definition) is 4. The second-order valence-corrected chi connectivity index (χ2v) is 7.53. The minimum absolute atomic E-state index is 0.0813. The van der Waals surface area contributed by atoms with Gasteiger partial charge in [0.25, 0.3) is 15.9 Å². The molecule has 23 heavy (non-hydrogen) atoms. The minimum Gasteiger partial charge on any atom is -0.493 e. The van der Waals surface area contributed by atoms with Crippen molar-refractivity contribution in [2.45, 2.75) is 11.3 Å². The zero-order valence-electron chi connectivity index (χ0n) is 11.9. The van der Waals surface area contributed by atoms with Crippen LogP contribution in [-0.4, -0.2) is 20.9 Å². The van der Waals surface area contributed by atoms with Crippen molar-refractivity contribution in [3.63, 3.8) is 0 Å². The van der Waals surface area contributed by atoms with E-state index < -0.39 is 15.9 Å². The molecule has 1 aliphatic rings. The highest BCUT2D eigenvalue weighted by Crippen LogP contribution is 2.27. The van der Waals surface area contributed by atoms with Crippen LogP contribution in [-0.2, 0) is 16.4 Å². The number of carbonyl (C=O) groups is 1. The number of carbonyl (C=O) groups excluding carboxylic acids is 1. The van der Waals surface area contributed by atoms with Crippen LogP contribution in [0.25, 0.3) is 0 Å². The second-order valence-electron chi connectivity index (χ2n) is 4.93. The standard InChI is InChI=1S/C15H13BrN2O4S/c16-12-3-1-10(2-4-12)15(19)17-18-23(20,21)13-5-6-14-11(9-13)7-8-22-14/h1-6,9,18H,7-8H2,(H,17,19). The number of hydrazine groups is 1. The molecule has 1 amide bonds. The van der Waals surface area contributed by atoms with Crippen molar-refractivity contribution in [3.8, 4) is 5.75 Å². The predicted molar refractivity (Wildman–Crippen MR) is 87.6 cm³/mol. The van der Waals surface area contributed by atoms with Crippen LogP contribution < -0.4 is 15.0 Å². The second kappa shape index (κ2) is 6.31. The molecule has 0 unspecified atom stereocenters. The fourth-order valence-electron chi connectivity index (χ4n) is 2.18. The average Bonchev–Trinajstić information content (AvgIpc) is 3.01. The maximum atomic E-state index is 12.2. The normalized spacial score (nSPS) is 13.3. The quantitative estimate of drug-likeness (QED) is 0.774. The Labute approximate surface area is 142 Å². The van der Waals surface area contributed by atoms with Gasteiger partial charge >= 0.3 is 0 Å². The number of sulfonamides is 1. The number of ether oxygens (including phenoxy) is 1. The van der Waals surface area contributed by atoms with E-state index in [4.69, 9.17) is 4.74 Å². The summed E-state index contributed by atoms with van der Waals surface area (Å²) in [5.41, 5.74) is 3.39. The zero-order valence-corrected chi connectivity index (χ0v) is 14.3. The largest absolute Gasteiger partial charge is 0.493 e. The number of fused-ring (bicyclic) bond motifs is 1. The third-order valence-corrected chi connectivity index (χ3v) is 5.15. The first-order chi connectivity index (χ1) is 11.0. The molecule has 0 aromatic heterocycles. The number of nitrogens with one attached hydrogen (secondary N) is 2. The Morgan fingerprint density at radius 3 is 2.61 bits per heavy atom. The molecular formula is C15H13BrN2O4S. The van der Waals surface area contributed by atoms with Crippen LogP contribution in [0.3, 0.4) is 0 Å². The molecule has 6 nitrogen and oxygen atoms in total. The van der Waals surface area contributed by atoms with Gasteiger partial charge in [-0.2, -0.15) is 0 Å². The molecule has 2 aromatic rings. The van der Waals surface area contributed by atoms with E-state index in [1.165, 1.54) is 6.07 Å². The lowest BCUT2D eigenvalue weighted by atomic mass is 10.2. The summed E-state index contributed by atoms with van der Waals surface area (Å²) in [5, 5.41) is 0. The van der Waals surface area contributed by atoms with Crippen LogP contribution in [0.1, 0.15) is 15.9 Å². The molecule has 0 saturated heterocycles. The Bertz CT molecular complexity index is 850. The molecule has 0 saturated carbocycles. The lowest BCUT2D eigenvalue weighted by Gasteiger charge is -2.09. The van der Waals surface area contributed by atoms with Crippen LogP contribution in [0, 0.1) is 0 Å². The summed E-state index contributed by atoms with van der Waals surface area (Å²) in [5.74, 6) is 0.161. The van der Waals surface area contributed by atoms with Crippen molar-refractivity contribution in [2.75, 3.05) is 6.61 Å². The average molecular weight is 397 g/mol. The first-order valence-corrected chi connectivity index (χ1v) is 9.07. The topological polar surface area (TPSA) is 84.5 Å². The monoisotopic (exact) mass is 396 g/mol. The van der Waals surface area contributed by atoms with Gasteiger partial charge in [-0.15, -0.1) is 4.83 Å². The summed E-state index contributed by atoms with van der Waals surface area (Å²) < 4.78 is 30.7. The summed E-state index contributed by atoms with van der Waals surface area (Å²) in [6.07, 6.45) is 0.671. The summed E-state index contributed by atoms with van der Waals surface area (Å²) >= 11 is 3.27. The summed E-state index contributed by atoms with van der Waals surface area (Å²) in [6, 6.07) is 11.2. The number of benzene rings is 2. The summed E-state index contributed by atoms with van der Waals surface area (Å²) in [4.78, 5) is 14.1. The van der Waals surface area contributed by atoms with Crippen molar-refractivity contribution in [2.24, 2.45) is 0 Å². The number of halogens is 1. The summed E-state index contributed by atoms with van der Waals surface area (Å²) in [6.45, 7) is 0.548. The van der Waals surface area contributed by atoms with E-state index in [1.54, 1.807) is 36.4 Å². The highest BCUT2D eigenvalue weighted by atomic mass is 79.9. The minimum atomic E-state index is -3.84. The molecule has 0 radical (unpaired) electrons. The van der Waals surface area contributed by atoms with Crippen molar-refractivity contribution in [1.82, 2.24) is 10.3 Å². The van der Waals surface area contributed by atoms with Crippen molar-refractivity contribution < 1.29 is 17.9 Å². The molecule has 1 heterocycles. The molecular weight excluding hydrogens is 384 g/mol. The number of rotatable bonds is 4. The highest BCUT2D eigenvalue weighted by molar-refractivity contribution is 9.10. The fraction of sp³-hybridized carbons (Fsp3) is 0.133. The van der Waals surface area contributed by atoms with Gasteiger partial charge in [-0.05, 0) is 48.0 Å². The van der Waals surface area contributed by atoms with Gasteiger partial charge in [0, 0.05) is 16.5 Å². The third-order valence-electron chi connectivity index (χ3n) is 3.38. The molecule has 0 aliphatic carbocycles. The van der Waals surface area contributed by atoms with Gasteiger partial charge in [0.1, 0.15) is 5.75 Å². The molecule has 2 aromatic carbocycles. The first-order valence-electron chi connectivity index (χ1n) is 6.79. The van der Waals surface area contributed by atoms with E-state index in [1.807, 2.05) is 0 Å². The molecule has 3 rings (SSSR count). The number of hydrogen-bond donors (Lipinski definition) is 2. The van der Waals surface area contributed by atoms with E-state index in [0.29, 0.717) is 24.3 Å². The van der Waals surface area contributed by atoms with Gasteiger partial charge in [-0.1, -0.05) is 15.9 Å². The van der Waals surface area contributed by atoms with Gasteiger partial charge < -0.3 is 4.74 Å². The van der Waals surface area contributed by atoms with Crippen molar-refractivity contribution in [1.29, 1.82) is 0 Å². The molecule has 0 atom stereocenters. The van der Waals surface area contributed by atoms with Gasteiger partial charge in [0.05, 0.1) is 11.5 Å². The van der Waals surface area contributed by atoms with Crippen LogP contribution in [0.4, 0.5) is 0 Å². The van der Waals surface area contributed by atoms with Crippen LogP contribution in [0.5, 0.6) is 5.75 Å². The maximum Gasteiger partial charge on any atom is 0.266 e. The molecule has 8 heteroatoms. The number of amides is 1. The molecule has 0 bridgehead atoms. The molecule has 1 aliphatic heterocycles. The van der Waals surface area contributed by atoms with Gasteiger partial charge in [0.2, 0.25) is 0 Å². The maximum absolute atomic E-state index is 12.2. The Balaban J connectivity index is 1.71. The Kier molecular flexibility index (Phi) is 4.38. The van der Waals surface area contributed by atoms with E-state index in [2.05, 4.69) is 26.2 Å². The van der Waals surface area contributed by atoms with Gasteiger partial charge in [0.15, 0.2) is 0 Å². The summed E-state index contributed by atoms with van der Waals surface area (Å²) in [7, 11) is -3.84. The highest BCUT2D eigenvalue weighted by Gasteiger charge is 2.20. The van der Waals surface area contributed by atoms with Crippen LogP contribution in [0.15, 0.2) is 51.8 Å². The van der Waals surface area contributed by atoms with Gasteiger partial charge in [-0.25, -0.2) is 8.42 Å². The van der Waals surface area contributed by atoms with E-state index in [0.717, 1.165) is 10.0 Å². The molecule has 120 valence electrons. The predicted octanol–water partition coefficient (Wildman–Crippen LogP) is 2.01. The first kappa shape index (κ1) is 16.0. The Hall–Kier alpha value is -1.90. The zero-order chi connectivity index (χ0) is 16.4. The SMILES string of the molecule is O=C(NNS(=O)(=O)c1ccc2c(c1)CCO2)c1ccc(Br)cc1. The molecule has 2 N–H and O–H groups in total. The third kappa shape index (κ3) is 3.54. The fourth-order valence-corrected chi connectivity index (χ4v) is 3.33. The van der Waals surface area contributed by atoms with Crippen molar-refractivity contribution >= 4 is 31.9 Å². The van der Waals surface area contributed by atoms with Gasteiger partial charge in [-0.3, -0.25) is 10.2 Å². The van der Waals surface area contributed by atoms with Crippen LogP contribution >= 0.6 is 15.9 Å². The molecule has 0 spiro atoms. The lowest BCUT2D eigenvalue weighted by molar-refractivity contribution is 0.0945. The Morgan fingerprint density at radius 1 is 1.13 bits per heavy atom. The van der Waals surface area contributed by atoms with E-state index in [9.17, 15) is 13.2 Å². The molecule has 0 fully saturated rings. The Morgan fingerprint density at radius 2 is 1.87 bits per heavy atom. The van der Waals surface area contributed by atoms with Crippen molar-refractivity contribution in [3.05, 3.63) is 58.1 Å². The smallest absolute Gasteiger partial charge is 0.266 e. The van der Waals surface area contributed by atoms with E-state index in [-0.39, 0.29) is 4.90 Å². The van der Waals surface area contributed by atoms with E-state index >= 15 is 0 Å². The van der Waals surface area contributed by atoms with Crippen LogP contribution in [0.2, 0.25) is 0 Å².